The number of carboxylic acids is 1. The number of nitrogens with two attached hydrogens (primary N) is 2. The summed E-state index contributed by atoms with van der Waals surface area (Å²) in [5.74, 6) is -1.22. The summed E-state index contributed by atoms with van der Waals surface area (Å²) < 4.78 is 0. The first-order chi connectivity index (χ1) is 4.61. The van der Waals surface area contributed by atoms with Crippen LogP contribution in [-0.2, 0) is 4.79 Å². The lowest BCUT2D eigenvalue weighted by molar-refractivity contribution is -0.138. The van der Waals surface area contributed by atoms with Crippen molar-refractivity contribution in [1.82, 2.24) is 0 Å². The zero-order valence-electron chi connectivity index (χ0n) is 5.32. The number of hydrogen-bond acceptors (Lipinski definition) is 2. The highest BCUT2D eigenvalue weighted by molar-refractivity contribution is 5.79. The topological polar surface area (TPSA) is 102 Å². The van der Waals surface area contributed by atoms with E-state index in [0.717, 1.165) is 0 Å². The number of aliphatic carboxylic acids is 1. The van der Waals surface area contributed by atoms with E-state index >= 15 is 0 Å². The van der Waals surface area contributed by atoms with E-state index in [-0.39, 0.29) is 17.9 Å². The molecule has 1 rings (SSSR count). The number of rotatable bonds is 2. The Morgan fingerprint density at radius 3 is 2.50 bits per heavy atom. The van der Waals surface area contributed by atoms with E-state index in [9.17, 15) is 4.79 Å². The van der Waals surface area contributed by atoms with E-state index < -0.39 is 5.97 Å². The molecule has 0 aliphatic heterocycles. The maximum Gasteiger partial charge on any atom is 0.308 e. The van der Waals surface area contributed by atoms with Crippen LogP contribution in [0, 0.1) is 5.92 Å². The number of hydrogen-bond donors (Lipinski definition) is 3. The molecule has 0 spiro atoms. The van der Waals surface area contributed by atoms with E-state index in [0.29, 0.717) is 6.42 Å². The average Bonchev–Trinajstić information content (AvgIpc) is 2.43. The quantitative estimate of drug-likeness (QED) is 0.331. The van der Waals surface area contributed by atoms with Gasteiger partial charge in [-0.1, -0.05) is 0 Å². The average molecular weight is 143 g/mol. The van der Waals surface area contributed by atoms with Gasteiger partial charge in [-0.05, 0) is 6.42 Å². The van der Waals surface area contributed by atoms with Crippen molar-refractivity contribution in [2.75, 3.05) is 0 Å². The predicted molar refractivity (Wildman–Crippen MR) is 35.3 cm³/mol. The molecule has 1 saturated carbocycles. The van der Waals surface area contributed by atoms with Crippen molar-refractivity contribution >= 4 is 11.9 Å². The van der Waals surface area contributed by atoms with Gasteiger partial charge < -0.3 is 16.6 Å². The van der Waals surface area contributed by atoms with E-state index in [2.05, 4.69) is 4.99 Å². The van der Waals surface area contributed by atoms with Gasteiger partial charge in [0, 0.05) is 0 Å². The Bertz CT molecular complexity index is 185. The van der Waals surface area contributed by atoms with Gasteiger partial charge in [0.05, 0.1) is 12.0 Å². The molecule has 0 heterocycles. The van der Waals surface area contributed by atoms with Gasteiger partial charge >= 0.3 is 5.97 Å². The Morgan fingerprint density at radius 1 is 1.60 bits per heavy atom. The smallest absolute Gasteiger partial charge is 0.308 e. The third-order valence-corrected chi connectivity index (χ3v) is 1.39. The Labute approximate surface area is 57.7 Å². The van der Waals surface area contributed by atoms with Crippen LogP contribution in [0.4, 0.5) is 0 Å². The molecule has 0 saturated heterocycles. The summed E-state index contributed by atoms with van der Waals surface area (Å²) in [4.78, 5) is 13.9. The largest absolute Gasteiger partial charge is 0.481 e. The van der Waals surface area contributed by atoms with Crippen molar-refractivity contribution in [1.29, 1.82) is 0 Å². The van der Waals surface area contributed by atoms with Gasteiger partial charge in [0.15, 0.2) is 5.96 Å². The second-order valence-electron chi connectivity index (χ2n) is 2.30. The highest BCUT2D eigenvalue weighted by Gasteiger charge is 2.43. The maximum atomic E-state index is 10.2. The lowest BCUT2D eigenvalue weighted by atomic mass is 10.4. The first kappa shape index (κ1) is 6.85. The van der Waals surface area contributed by atoms with Gasteiger partial charge in [0.2, 0.25) is 0 Å². The molecule has 56 valence electrons. The molecule has 10 heavy (non-hydrogen) atoms. The number of carbonyl (C=O) groups is 1. The molecule has 0 aromatic rings. The molecule has 0 amide bonds. The first-order valence-electron chi connectivity index (χ1n) is 2.93. The molecule has 1 aliphatic rings. The Balaban J connectivity index is 2.40. The number of carboxylic acid groups (broad SMARTS) is 1. The summed E-state index contributed by atoms with van der Waals surface area (Å²) >= 11 is 0. The van der Waals surface area contributed by atoms with Gasteiger partial charge in [0.1, 0.15) is 0 Å². The third-order valence-electron chi connectivity index (χ3n) is 1.39. The van der Waals surface area contributed by atoms with Crippen LogP contribution in [0.5, 0.6) is 0 Å². The SMILES string of the molecule is NC(N)=NC1C[C@@H]1C(=O)O. The number of aliphatic imine (C=N–C) groups is 1. The summed E-state index contributed by atoms with van der Waals surface area (Å²) in [6.07, 6.45) is 0.563. The van der Waals surface area contributed by atoms with Crippen LogP contribution in [0.3, 0.4) is 0 Å². The van der Waals surface area contributed by atoms with Gasteiger partial charge in [0.25, 0.3) is 0 Å². The van der Waals surface area contributed by atoms with Crippen molar-refractivity contribution in [3.05, 3.63) is 0 Å². The standard InChI is InChI=1S/C5H9N3O2/c6-5(7)8-3-1-2(3)4(9)10/h2-3H,1H2,(H,9,10)(H4,6,7,8)/t2-,3?/m0/s1. The highest BCUT2D eigenvalue weighted by atomic mass is 16.4. The molecule has 5 nitrogen and oxygen atoms in total. The molecule has 0 aromatic carbocycles. The molecule has 1 fully saturated rings. The molecule has 5 N–H and O–H groups in total. The Hall–Kier alpha value is -1.26. The molecule has 0 aromatic heterocycles. The summed E-state index contributed by atoms with van der Waals surface area (Å²) in [6.45, 7) is 0. The van der Waals surface area contributed by atoms with Gasteiger partial charge in [-0.15, -0.1) is 0 Å². The van der Waals surface area contributed by atoms with E-state index in [1.165, 1.54) is 0 Å². The van der Waals surface area contributed by atoms with Gasteiger partial charge in [-0.3, -0.25) is 4.79 Å². The zero-order valence-corrected chi connectivity index (χ0v) is 5.32. The minimum Gasteiger partial charge on any atom is -0.481 e. The Kier molecular flexibility index (Phi) is 1.48. The summed E-state index contributed by atoms with van der Waals surface area (Å²) in [7, 11) is 0. The molecule has 0 radical (unpaired) electrons. The van der Waals surface area contributed by atoms with Crippen LogP contribution >= 0.6 is 0 Å². The van der Waals surface area contributed by atoms with Crippen LogP contribution in [0.2, 0.25) is 0 Å². The minimum absolute atomic E-state index is 0.0336. The first-order valence-corrected chi connectivity index (χ1v) is 2.93. The van der Waals surface area contributed by atoms with E-state index in [1.54, 1.807) is 0 Å². The number of guanidine groups is 1. The molecular weight excluding hydrogens is 134 g/mol. The summed E-state index contributed by atoms with van der Waals surface area (Å²) in [5.41, 5.74) is 10.1. The van der Waals surface area contributed by atoms with Crippen molar-refractivity contribution in [2.24, 2.45) is 22.4 Å². The van der Waals surface area contributed by atoms with Crippen molar-refractivity contribution in [3.8, 4) is 0 Å². The summed E-state index contributed by atoms with van der Waals surface area (Å²) in [5, 5.41) is 8.39. The third kappa shape index (κ3) is 1.37. The molecule has 0 bridgehead atoms. The van der Waals surface area contributed by atoms with Gasteiger partial charge in [-0.2, -0.15) is 0 Å². The van der Waals surface area contributed by atoms with E-state index in [1.807, 2.05) is 0 Å². The molecule has 1 aliphatic carbocycles. The van der Waals surface area contributed by atoms with Gasteiger partial charge in [-0.25, -0.2) is 4.99 Å². The fourth-order valence-electron chi connectivity index (χ4n) is 0.781. The van der Waals surface area contributed by atoms with Crippen molar-refractivity contribution in [2.45, 2.75) is 12.5 Å². The van der Waals surface area contributed by atoms with Crippen molar-refractivity contribution < 1.29 is 9.90 Å². The zero-order chi connectivity index (χ0) is 7.72. The molecular formula is C5H9N3O2. The maximum absolute atomic E-state index is 10.2. The lowest BCUT2D eigenvalue weighted by Gasteiger charge is -1.88. The molecule has 2 atom stereocenters. The second kappa shape index (κ2) is 2.17. The Morgan fingerprint density at radius 2 is 2.20 bits per heavy atom. The number of nitrogens with zero attached hydrogens (tertiary/aromatic N) is 1. The fourth-order valence-corrected chi connectivity index (χ4v) is 0.781. The van der Waals surface area contributed by atoms with Crippen molar-refractivity contribution in [3.63, 3.8) is 0 Å². The fraction of sp³-hybridized carbons (Fsp3) is 0.600. The second-order valence-corrected chi connectivity index (χ2v) is 2.30. The van der Waals surface area contributed by atoms with E-state index in [4.69, 9.17) is 16.6 Å². The highest BCUT2D eigenvalue weighted by Crippen LogP contribution is 2.33. The van der Waals surface area contributed by atoms with Crippen LogP contribution < -0.4 is 11.5 Å². The van der Waals surface area contributed by atoms with Crippen LogP contribution in [-0.4, -0.2) is 23.1 Å². The predicted octanol–water partition coefficient (Wildman–Crippen LogP) is -1.27. The monoisotopic (exact) mass is 143 g/mol. The van der Waals surface area contributed by atoms with Crippen LogP contribution in [0.1, 0.15) is 6.42 Å². The molecule has 5 heteroatoms. The summed E-state index contributed by atoms with van der Waals surface area (Å²) in [6, 6.07) is -0.178. The molecule has 1 unspecified atom stereocenters. The van der Waals surface area contributed by atoms with Crippen LogP contribution in [0.25, 0.3) is 0 Å². The lowest BCUT2D eigenvalue weighted by Crippen LogP contribution is -2.23. The minimum atomic E-state index is -0.824. The van der Waals surface area contributed by atoms with Crippen LogP contribution in [0.15, 0.2) is 4.99 Å². The normalized spacial score (nSPS) is 29.2.